The van der Waals surface area contributed by atoms with Crippen LogP contribution in [0.15, 0.2) is 22.7 Å². The zero-order valence-electron chi connectivity index (χ0n) is 12.1. The molecule has 2 unspecified atom stereocenters. The molecule has 5 heteroatoms. The normalized spacial score (nSPS) is 22.4. The molecule has 1 aliphatic carbocycles. The number of aromatic nitrogens is 2. The van der Waals surface area contributed by atoms with Crippen LogP contribution in [-0.2, 0) is 6.42 Å². The van der Waals surface area contributed by atoms with Gasteiger partial charge < -0.3 is 9.63 Å². The number of aryl methyl sites for hydroxylation is 1. The van der Waals surface area contributed by atoms with E-state index in [0.29, 0.717) is 18.1 Å². The summed E-state index contributed by atoms with van der Waals surface area (Å²) in [6, 6.07) is 4.51. The highest BCUT2D eigenvalue weighted by molar-refractivity contribution is 5.59. The van der Waals surface area contributed by atoms with Gasteiger partial charge in [-0.25, -0.2) is 4.39 Å². The SMILES string of the molecule is Cc1cc(F)ccc1-c1noc(CC2CCCCC2O)n1. The Morgan fingerprint density at radius 1 is 1.33 bits per heavy atom. The molecule has 0 aliphatic heterocycles. The van der Waals surface area contributed by atoms with E-state index in [9.17, 15) is 9.50 Å². The minimum absolute atomic E-state index is 0.196. The Labute approximate surface area is 123 Å². The van der Waals surface area contributed by atoms with Crippen molar-refractivity contribution in [2.75, 3.05) is 0 Å². The minimum Gasteiger partial charge on any atom is -0.393 e. The van der Waals surface area contributed by atoms with Gasteiger partial charge in [0.1, 0.15) is 5.82 Å². The summed E-state index contributed by atoms with van der Waals surface area (Å²) in [7, 11) is 0. The van der Waals surface area contributed by atoms with Crippen LogP contribution in [0.25, 0.3) is 11.4 Å². The third-order valence-corrected chi connectivity index (χ3v) is 4.20. The van der Waals surface area contributed by atoms with E-state index in [1.807, 2.05) is 6.92 Å². The van der Waals surface area contributed by atoms with Gasteiger partial charge in [-0.3, -0.25) is 0 Å². The first kappa shape index (κ1) is 14.2. The zero-order chi connectivity index (χ0) is 14.8. The van der Waals surface area contributed by atoms with E-state index < -0.39 is 0 Å². The minimum atomic E-state index is -0.276. The van der Waals surface area contributed by atoms with E-state index in [-0.39, 0.29) is 17.8 Å². The fourth-order valence-electron chi connectivity index (χ4n) is 2.98. The van der Waals surface area contributed by atoms with Crippen molar-refractivity contribution in [2.45, 2.75) is 45.1 Å². The summed E-state index contributed by atoms with van der Waals surface area (Å²) < 4.78 is 18.4. The lowest BCUT2D eigenvalue weighted by atomic mass is 9.84. The zero-order valence-corrected chi connectivity index (χ0v) is 12.1. The maximum atomic E-state index is 13.1. The largest absolute Gasteiger partial charge is 0.393 e. The summed E-state index contributed by atoms with van der Waals surface area (Å²) in [5, 5.41) is 14.0. The topological polar surface area (TPSA) is 59.2 Å². The number of hydrogen-bond acceptors (Lipinski definition) is 4. The molecule has 0 spiro atoms. The highest BCUT2D eigenvalue weighted by Gasteiger charge is 2.25. The fourth-order valence-corrected chi connectivity index (χ4v) is 2.98. The fraction of sp³-hybridized carbons (Fsp3) is 0.500. The standard InChI is InChI=1S/C16H19FN2O2/c1-10-8-12(17)6-7-13(10)16-18-15(21-19-16)9-11-4-2-3-5-14(11)20/h6-8,11,14,20H,2-5,9H2,1H3. The second-order valence-electron chi connectivity index (χ2n) is 5.79. The molecule has 2 atom stereocenters. The Kier molecular flexibility index (Phi) is 4.01. The monoisotopic (exact) mass is 290 g/mol. The molecule has 3 rings (SSSR count). The van der Waals surface area contributed by atoms with Crippen LogP contribution in [0.5, 0.6) is 0 Å². The Morgan fingerprint density at radius 2 is 2.14 bits per heavy atom. The number of aliphatic hydroxyl groups is 1. The van der Waals surface area contributed by atoms with Gasteiger partial charge in [-0.15, -0.1) is 0 Å². The Bertz CT molecular complexity index is 626. The van der Waals surface area contributed by atoms with Gasteiger partial charge in [-0.05, 0) is 49.4 Å². The highest BCUT2D eigenvalue weighted by atomic mass is 19.1. The molecule has 2 aromatic rings. The lowest BCUT2D eigenvalue weighted by Gasteiger charge is -2.26. The molecule has 1 N–H and O–H groups in total. The van der Waals surface area contributed by atoms with Crippen LogP contribution in [0.1, 0.15) is 37.1 Å². The van der Waals surface area contributed by atoms with Crippen molar-refractivity contribution < 1.29 is 14.0 Å². The van der Waals surface area contributed by atoms with Crippen LogP contribution in [0.3, 0.4) is 0 Å². The summed E-state index contributed by atoms with van der Waals surface area (Å²) in [6.45, 7) is 1.82. The van der Waals surface area contributed by atoms with Crippen molar-refractivity contribution in [3.8, 4) is 11.4 Å². The molecule has 1 aromatic carbocycles. The lowest BCUT2D eigenvalue weighted by Crippen LogP contribution is -2.26. The predicted molar refractivity (Wildman–Crippen MR) is 76.1 cm³/mol. The quantitative estimate of drug-likeness (QED) is 0.942. The van der Waals surface area contributed by atoms with Crippen molar-refractivity contribution in [3.63, 3.8) is 0 Å². The predicted octanol–water partition coefficient (Wildman–Crippen LogP) is 3.28. The van der Waals surface area contributed by atoms with Gasteiger partial charge in [0, 0.05) is 12.0 Å². The van der Waals surface area contributed by atoms with Gasteiger partial charge in [0.15, 0.2) is 0 Å². The first-order valence-corrected chi connectivity index (χ1v) is 7.40. The molecular formula is C16H19FN2O2. The van der Waals surface area contributed by atoms with Gasteiger partial charge in [0.2, 0.25) is 11.7 Å². The molecule has 1 aliphatic rings. The second-order valence-corrected chi connectivity index (χ2v) is 5.79. The lowest BCUT2D eigenvalue weighted by molar-refractivity contribution is 0.0657. The molecule has 1 fully saturated rings. The Balaban J connectivity index is 1.76. The van der Waals surface area contributed by atoms with Crippen LogP contribution in [0.2, 0.25) is 0 Å². The van der Waals surface area contributed by atoms with Crippen molar-refractivity contribution in [2.24, 2.45) is 5.92 Å². The molecule has 112 valence electrons. The van der Waals surface area contributed by atoms with Crippen molar-refractivity contribution in [3.05, 3.63) is 35.5 Å². The molecule has 1 heterocycles. The van der Waals surface area contributed by atoms with E-state index in [1.165, 1.54) is 12.1 Å². The molecular weight excluding hydrogens is 271 g/mol. The number of rotatable bonds is 3. The van der Waals surface area contributed by atoms with Gasteiger partial charge in [0.25, 0.3) is 0 Å². The van der Waals surface area contributed by atoms with Crippen molar-refractivity contribution in [1.82, 2.24) is 10.1 Å². The number of hydrogen-bond donors (Lipinski definition) is 1. The smallest absolute Gasteiger partial charge is 0.227 e. The van der Waals surface area contributed by atoms with E-state index in [2.05, 4.69) is 10.1 Å². The summed E-state index contributed by atoms with van der Waals surface area (Å²) in [6.07, 6.45) is 4.40. The van der Waals surface area contributed by atoms with Crippen LogP contribution >= 0.6 is 0 Å². The molecule has 4 nitrogen and oxygen atoms in total. The average Bonchev–Trinajstić information content (AvgIpc) is 2.90. The van der Waals surface area contributed by atoms with E-state index >= 15 is 0 Å². The van der Waals surface area contributed by atoms with Gasteiger partial charge in [-0.2, -0.15) is 4.98 Å². The average molecular weight is 290 g/mol. The Hall–Kier alpha value is -1.75. The van der Waals surface area contributed by atoms with E-state index in [1.54, 1.807) is 6.07 Å². The van der Waals surface area contributed by atoms with Gasteiger partial charge in [0.05, 0.1) is 6.10 Å². The number of aliphatic hydroxyl groups excluding tert-OH is 1. The van der Waals surface area contributed by atoms with E-state index in [4.69, 9.17) is 4.52 Å². The summed E-state index contributed by atoms with van der Waals surface area (Å²) in [5.41, 5.74) is 1.55. The van der Waals surface area contributed by atoms with Crippen LogP contribution in [0.4, 0.5) is 4.39 Å². The van der Waals surface area contributed by atoms with Crippen molar-refractivity contribution >= 4 is 0 Å². The molecule has 1 saturated carbocycles. The third-order valence-electron chi connectivity index (χ3n) is 4.20. The highest BCUT2D eigenvalue weighted by Crippen LogP contribution is 2.28. The number of benzene rings is 1. The molecule has 1 aromatic heterocycles. The van der Waals surface area contributed by atoms with E-state index in [0.717, 1.165) is 36.8 Å². The number of halogens is 1. The summed E-state index contributed by atoms with van der Waals surface area (Å²) in [4.78, 5) is 4.39. The maximum absolute atomic E-state index is 13.1. The van der Waals surface area contributed by atoms with Crippen LogP contribution < -0.4 is 0 Å². The molecule has 0 amide bonds. The summed E-state index contributed by atoms with van der Waals surface area (Å²) in [5.74, 6) is 0.944. The maximum Gasteiger partial charge on any atom is 0.227 e. The van der Waals surface area contributed by atoms with Crippen LogP contribution in [-0.4, -0.2) is 21.4 Å². The third kappa shape index (κ3) is 3.13. The molecule has 0 saturated heterocycles. The second kappa shape index (κ2) is 5.93. The van der Waals surface area contributed by atoms with Gasteiger partial charge in [-0.1, -0.05) is 18.0 Å². The van der Waals surface area contributed by atoms with Crippen molar-refractivity contribution in [1.29, 1.82) is 0 Å². The summed E-state index contributed by atoms with van der Waals surface area (Å²) >= 11 is 0. The van der Waals surface area contributed by atoms with Gasteiger partial charge >= 0.3 is 0 Å². The molecule has 0 radical (unpaired) electrons. The number of nitrogens with zero attached hydrogens (tertiary/aromatic N) is 2. The molecule has 21 heavy (non-hydrogen) atoms. The van der Waals surface area contributed by atoms with Crippen LogP contribution in [0, 0.1) is 18.7 Å². The first-order valence-electron chi connectivity index (χ1n) is 7.40. The Morgan fingerprint density at radius 3 is 2.90 bits per heavy atom. The molecule has 0 bridgehead atoms. The first-order chi connectivity index (χ1) is 10.1.